The number of benzene rings is 1. The van der Waals surface area contributed by atoms with E-state index in [4.69, 9.17) is 4.98 Å². The maximum absolute atomic E-state index is 9.93. The molecule has 1 aromatic heterocycles. The Labute approximate surface area is 150 Å². The summed E-state index contributed by atoms with van der Waals surface area (Å²) in [6, 6.07) is 9.38. The van der Waals surface area contributed by atoms with Gasteiger partial charge in [0, 0.05) is 31.1 Å². The second kappa shape index (κ2) is 6.93. The first kappa shape index (κ1) is 16.8. The minimum absolute atomic E-state index is 0.125. The summed E-state index contributed by atoms with van der Waals surface area (Å²) in [5, 5.41) is 11.2. The van der Waals surface area contributed by atoms with E-state index in [1.54, 1.807) is 0 Å². The molecule has 0 aliphatic carbocycles. The number of aliphatic hydroxyl groups excluding tert-OH is 1. The Morgan fingerprint density at radius 1 is 1.04 bits per heavy atom. The Morgan fingerprint density at radius 3 is 2.60 bits per heavy atom. The highest BCUT2D eigenvalue weighted by Gasteiger charge is 2.28. The lowest BCUT2D eigenvalue weighted by atomic mass is 9.98. The third kappa shape index (κ3) is 3.51. The number of rotatable bonds is 2. The molecule has 1 N–H and O–H groups in total. The van der Waals surface area contributed by atoms with E-state index in [9.17, 15) is 5.11 Å². The Morgan fingerprint density at radius 2 is 1.84 bits per heavy atom. The fourth-order valence-corrected chi connectivity index (χ4v) is 4.43. The zero-order valence-electron chi connectivity index (χ0n) is 15.4. The van der Waals surface area contributed by atoms with Gasteiger partial charge in [0.05, 0.1) is 11.6 Å². The molecule has 1 aromatic carbocycles. The Hall–Kier alpha value is -1.65. The quantitative estimate of drug-likeness (QED) is 0.911. The van der Waals surface area contributed by atoms with Crippen molar-refractivity contribution in [1.29, 1.82) is 0 Å². The number of likely N-dealkylation sites (tertiary alicyclic amines) is 1. The van der Waals surface area contributed by atoms with Gasteiger partial charge in [-0.05, 0) is 69.8 Å². The van der Waals surface area contributed by atoms with E-state index < -0.39 is 0 Å². The Balaban J connectivity index is 1.47. The molecule has 0 bridgehead atoms. The molecule has 3 heterocycles. The second-order valence-corrected chi connectivity index (χ2v) is 7.83. The number of aliphatic hydroxyl groups is 1. The number of fused-ring (bicyclic) bond motifs is 1. The predicted molar refractivity (Wildman–Crippen MR) is 103 cm³/mol. The lowest BCUT2D eigenvalue weighted by Crippen LogP contribution is -2.49. The van der Waals surface area contributed by atoms with Gasteiger partial charge in [-0.15, -0.1) is 0 Å². The lowest BCUT2D eigenvalue weighted by Gasteiger charge is -2.41. The number of aryl methyl sites for hydroxylation is 2. The molecule has 2 aliphatic rings. The molecule has 1 atom stereocenters. The fraction of sp³-hybridized carbons (Fsp3) is 0.571. The summed E-state index contributed by atoms with van der Waals surface area (Å²) in [6.45, 7) is 8.44. The van der Waals surface area contributed by atoms with Crippen LogP contribution in [0.25, 0.3) is 10.9 Å². The number of piperidine rings is 2. The first-order valence-electron chi connectivity index (χ1n) is 9.65. The maximum Gasteiger partial charge on any atom is 0.129 e. The molecule has 4 heteroatoms. The highest BCUT2D eigenvalue weighted by molar-refractivity contribution is 5.84. The topological polar surface area (TPSA) is 39.6 Å². The molecule has 2 saturated heterocycles. The van der Waals surface area contributed by atoms with Crippen LogP contribution in [0.1, 0.15) is 36.8 Å². The summed E-state index contributed by atoms with van der Waals surface area (Å²) in [5.74, 6) is 1.12. The van der Waals surface area contributed by atoms with Crippen LogP contribution in [0.15, 0.2) is 24.3 Å². The van der Waals surface area contributed by atoms with Gasteiger partial charge in [-0.25, -0.2) is 4.98 Å². The first-order chi connectivity index (χ1) is 12.1. The molecule has 2 aromatic rings. The van der Waals surface area contributed by atoms with Crippen LogP contribution >= 0.6 is 0 Å². The van der Waals surface area contributed by atoms with Crippen molar-refractivity contribution in [3.8, 4) is 0 Å². The Kier molecular flexibility index (Phi) is 4.65. The van der Waals surface area contributed by atoms with Crippen LogP contribution in [0.2, 0.25) is 0 Å². The van der Waals surface area contributed by atoms with Crippen LogP contribution in [0.3, 0.4) is 0 Å². The molecule has 134 valence electrons. The number of hydrogen-bond acceptors (Lipinski definition) is 4. The summed E-state index contributed by atoms with van der Waals surface area (Å²) in [6.07, 6.45) is 4.31. The molecule has 0 unspecified atom stereocenters. The summed E-state index contributed by atoms with van der Waals surface area (Å²) in [4.78, 5) is 9.86. The monoisotopic (exact) mass is 339 g/mol. The number of anilines is 1. The van der Waals surface area contributed by atoms with Gasteiger partial charge < -0.3 is 10.0 Å². The van der Waals surface area contributed by atoms with Gasteiger partial charge in [-0.1, -0.05) is 11.6 Å². The van der Waals surface area contributed by atoms with E-state index in [1.807, 2.05) is 0 Å². The average Bonchev–Trinajstić information content (AvgIpc) is 2.62. The van der Waals surface area contributed by atoms with E-state index in [0.29, 0.717) is 6.04 Å². The fourth-order valence-electron chi connectivity index (χ4n) is 4.43. The SMILES string of the molecule is Cc1ccc2nc(N3CCC(N4CCC[C@H](O)C4)CC3)cc(C)c2c1. The van der Waals surface area contributed by atoms with E-state index in [-0.39, 0.29) is 6.10 Å². The molecule has 25 heavy (non-hydrogen) atoms. The molecule has 0 saturated carbocycles. The third-order valence-corrected chi connectivity index (χ3v) is 5.89. The zero-order valence-corrected chi connectivity index (χ0v) is 15.4. The van der Waals surface area contributed by atoms with Crippen LogP contribution in [0, 0.1) is 13.8 Å². The number of hydrogen-bond donors (Lipinski definition) is 1. The second-order valence-electron chi connectivity index (χ2n) is 7.83. The van der Waals surface area contributed by atoms with Gasteiger partial charge in [0.15, 0.2) is 0 Å². The van der Waals surface area contributed by atoms with Crippen molar-refractivity contribution in [2.75, 3.05) is 31.1 Å². The summed E-state index contributed by atoms with van der Waals surface area (Å²) < 4.78 is 0. The van der Waals surface area contributed by atoms with Gasteiger partial charge >= 0.3 is 0 Å². The van der Waals surface area contributed by atoms with Crippen molar-refractivity contribution in [3.63, 3.8) is 0 Å². The van der Waals surface area contributed by atoms with E-state index in [2.05, 4.69) is 47.9 Å². The van der Waals surface area contributed by atoms with Gasteiger partial charge in [-0.3, -0.25) is 4.90 Å². The van der Waals surface area contributed by atoms with E-state index in [0.717, 1.165) is 50.4 Å². The van der Waals surface area contributed by atoms with Gasteiger partial charge in [0.25, 0.3) is 0 Å². The van der Waals surface area contributed by atoms with Crippen molar-refractivity contribution in [2.24, 2.45) is 0 Å². The molecule has 0 radical (unpaired) electrons. The van der Waals surface area contributed by atoms with Crippen molar-refractivity contribution >= 4 is 16.7 Å². The van der Waals surface area contributed by atoms with Crippen molar-refractivity contribution in [1.82, 2.24) is 9.88 Å². The van der Waals surface area contributed by atoms with Crippen molar-refractivity contribution in [3.05, 3.63) is 35.4 Å². The number of nitrogens with zero attached hydrogens (tertiary/aromatic N) is 3. The number of β-amino-alcohol motifs (C(OH)–C–C–N with tert-alkyl or cyclic N) is 1. The van der Waals surface area contributed by atoms with Crippen LogP contribution in [-0.2, 0) is 0 Å². The molecular formula is C21H29N3O. The summed E-state index contributed by atoms with van der Waals surface area (Å²) in [5.41, 5.74) is 3.70. The molecule has 0 amide bonds. The standard InChI is InChI=1S/C21H29N3O/c1-15-5-6-20-19(12-15)16(2)13-21(22-20)23-10-7-17(8-11-23)24-9-3-4-18(25)14-24/h5-6,12-13,17-18,25H,3-4,7-11,14H2,1-2H3/t18-/m0/s1. The van der Waals surface area contributed by atoms with Crippen molar-refractivity contribution in [2.45, 2.75) is 51.7 Å². The van der Waals surface area contributed by atoms with Gasteiger partial charge in [0.1, 0.15) is 5.82 Å². The highest BCUT2D eigenvalue weighted by Crippen LogP contribution is 2.27. The minimum Gasteiger partial charge on any atom is -0.392 e. The zero-order chi connectivity index (χ0) is 17.4. The van der Waals surface area contributed by atoms with Gasteiger partial charge in [-0.2, -0.15) is 0 Å². The molecule has 4 nitrogen and oxygen atoms in total. The molecule has 0 spiro atoms. The normalized spacial score (nSPS) is 23.3. The van der Waals surface area contributed by atoms with E-state index in [1.165, 1.54) is 29.4 Å². The minimum atomic E-state index is -0.125. The third-order valence-electron chi connectivity index (χ3n) is 5.89. The van der Waals surface area contributed by atoms with Crippen LogP contribution in [0.5, 0.6) is 0 Å². The lowest BCUT2D eigenvalue weighted by molar-refractivity contribution is 0.0398. The summed E-state index contributed by atoms with van der Waals surface area (Å²) >= 11 is 0. The smallest absolute Gasteiger partial charge is 0.129 e. The molecule has 2 aliphatic heterocycles. The first-order valence-corrected chi connectivity index (χ1v) is 9.65. The van der Waals surface area contributed by atoms with E-state index >= 15 is 0 Å². The number of aromatic nitrogens is 1. The highest BCUT2D eigenvalue weighted by atomic mass is 16.3. The predicted octanol–water partition coefficient (Wildman–Crippen LogP) is 3.28. The van der Waals surface area contributed by atoms with Crippen molar-refractivity contribution < 1.29 is 5.11 Å². The molecule has 4 rings (SSSR count). The van der Waals surface area contributed by atoms with Crippen LogP contribution < -0.4 is 4.90 Å². The van der Waals surface area contributed by atoms with Crippen LogP contribution in [0.4, 0.5) is 5.82 Å². The largest absolute Gasteiger partial charge is 0.392 e. The summed E-state index contributed by atoms with van der Waals surface area (Å²) in [7, 11) is 0. The van der Waals surface area contributed by atoms with Gasteiger partial charge in [0.2, 0.25) is 0 Å². The number of pyridine rings is 1. The maximum atomic E-state index is 9.93. The average molecular weight is 339 g/mol. The molecule has 2 fully saturated rings. The van der Waals surface area contributed by atoms with Crippen LogP contribution in [-0.4, -0.2) is 53.3 Å². The molecular weight excluding hydrogens is 310 g/mol. The Bertz CT molecular complexity index is 752.